The van der Waals surface area contributed by atoms with Gasteiger partial charge in [0.05, 0.1) is 37.4 Å². The van der Waals surface area contributed by atoms with Crippen LogP contribution in [0.1, 0.15) is 53.9 Å². The first-order chi connectivity index (χ1) is 18.2. The number of methoxy groups -OCH3 is 1. The fraction of sp³-hybridized carbons (Fsp3) is 0.448. The van der Waals surface area contributed by atoms with Crippen LogP contribution in [-0.2, 0) is 33.4 Å². The van der Waals surface area contributed by atoms with Gasteiger partial charge in [-0.15, -0.1) is 0 Å². The van der Waals surface area contributed by atoms with Crippen molar-refractivity contribution in [1.82, 2.24) is 14.5 Å². The summed E-state index contributed by atoms with van der Waals surface area (Å²) in [5, 5.41) is 0.0386. The largest absolute Gasteiger partial charge is 0.497 e. The van der Waals surface area contributed by atoms with E-state index < -0.39 is 9.84 Å². The number of hydrogen-bond donors (Lipinski definition) is 0. The van der Waals surface area contributed by atoms with Crippen LogP contribution in [0.15, 0.2) is 59.9 Å². The van der Waals surface area contributed by atoms with Crippen molar-refractivity contribution in [2.45, 2.75) is 63.7 Å². The molecular weight excluding hydrogens is 502 g/mol. The lowest BCUT2D eigenvalue weighted by molar-refractivity contribution is 0.0501. The van der Waals surface area contributed by atoms with E-state index in [4.69, 9.17) is 9.47 Å². The minimum atomic E-state index is -3.71. The average molecular weight is 540 g/mol. The van der Waals surface area contributed by atoms with Gasteiger partial charge in [0.2, 0.25) is 15.0 Å². The van der Waals surface area contributed by atoms with Gasteiger partial charge in [-0.1, -0.05) is 43.7 Å². The number of carbonyl (C=O) groups is 1. The summed E-state index contributed by atoms with van der Waals surface area (Å²) in [6.07, 6.45) is 3.38. The average Bonchev–Trinajstić information content (AvgIpc) is 3.53. The number of rotatable bonds is 11. The smallest absolute Gasteiger partial charge is 0.254 e. The number of ether oxygens (including phenoxy) is 2. The Morgan fingerprint density at radius 3 is 2.61 bits per heavy atom. The molecule has 38 heavy (non-hydrogen) atoms. The highest BCUT2D eigenvalue weighted by Gasteiger charge is 2.28. The van der Waals surface area contributed by atoms with Gasteiger partial charge >= 0.3 is 0 Å². The molecule has 3 aromatic rings. The topological polar surface area (TPSA) is 90.7 Å². The Morgan fingerprint density at radius 2 is 1.97 bits per heavy atom. The fourth-order valence-electron chi connectivity index (χ4n) is 4.78. The number of sulfone groups is 1. The van der Waals surface area contributed by atoms with Crippen molar-refractivity contribution in [3.63, 3.8) is 0 Å². The predicted octanol–water partition coefficient (Wildman–Crippen LogP) is 4.65. The molecule has 1 fully saturated rings. The molecule has 2 aromatic carbocycles. The monoisotopic (exact) mass is 539 g/mol. The third-order valence-electron chi connectivity index (χ3n) is 6.59. The van der Waals surface area contributed by atoms with Crippen LogP contribution >= 0.6 is 0 Å². The summed E-state index contributed by atoms with van der Waals surface area (Å²) in [5.74, 6) is 0.572. The molecule has 4 rings (SSSR count). The van der Waals surface area contributed by atoms with Gasteiger partial charge in [0, 0.05) is 25.3 Å². The molecule has 1 atom stereocenters. The van der Waals surface area contributed by atoms with Gasteiger partial charge < -0.3 is 18.9 Å². The Bertz CT molecular complexity index is 1340. The zero-order valence-corrected chi connectivity index (χ0v) is 23.4. The van der Waals surface area contributed by atoms with Gasteiger partial charge in [-0.3, -0.25) is 4.79 Å². The van der Waals surface area contributed by atoms with Crippen molar-refractivity contribution in [3.8, 4) is 5.75 Å². The Hall–Kier alpha value is -3.17. The van der Waals surface area contributed by atoms with E-state index in [1.54, 1.807) is 47.0 Å². The van der Waals surface area contributed by atoms with Gasteiger partial charge in [0.25, 0.3) is 5.91 Å². The van der Waals surface area contributed by atoms with Crippen LogP contribution in [0, 0.1) is 12.8 Å². The zero-order chi connectivity index (χ0) is 27.3. The van der Waals surface area contributed by atoms with Crippen LogP contribution in [0.2, 0.25) is 0 Å². The molecular formula is C29H37N3O5S. The lowest BCUT2D eigenvalue weighted by atomic mass is 10.1. The van der Waals surface area contributed by atoms with Crippen LogP contribution < -0.4 is 4.74 Å². The normalized spacial score (nSPS) is 15.7. The van der Waals surface area contributed by atoms with Gasteiger partial charge in [-0.2, -0.15) is 0 Å². The molecule has 0 spiro atoms. The van der Waals surface area contributed by atoms with Crippen LogP contribution in [0.3, 0.4) is 0 Å². The molecule has 1 aromatic heterocycles. The fourth-order valence-corrected chi connectivity index (χ4v) is 6.27. The molecule has 1 amide bonds. The highest BCUT2D eigenvalue weighted by Crippen LogP contribution is 2.23. The van der Waals surface area contributed by atoms with Crippen LogP contribution in [0.5, 0.6) is 5.75 Å². The summed E-state index contributed by atoms with van der Waals surface area (Å²) in [7, 11) is -2.13. The van der Waals surface area contributed by atoms with Crippen molar-refractivity contribution in [1.29, 1.82) is 0 Å². The standard InChI is InChI=1S/C29H37N3O5S/c1-21(2)17-32-25(16-30-29(32)38(34,35)20-23-8-5-7-22(3)15-23)18-31(19-27-9-6-14-37-27)28(33)24-10-12-26(36-4)13-11-24/h5,7-8,10-13,15-16,21,27H,6,9,14,17-20H2,1-4H3/t27-/m0/s1. The van der Waals surface area contributed by atoms with Gasteiger partial charge in [0.15, 0.2) is 0 Å². The highest BCUT2D eigenvalue weighted by molar-refractivity contribution is 7.90. The summed E-state index contributed by atoms with van der Waals surface area (Å²) in [5.41, 5.74) is 2.94. The number of hydrogen-bond acceptors (Lipinski definition) is 6. The van der Waals surface area contributed by atoms with Gasteiger partial charge in [-0.25, -0.2) is 13.4 Å². The molecule has 9 heteroatoms. The molecule has 0 aliphatic carbocycles. The first kappa shape index (κ1) is 27.9. The number of aromatic nitrogens is 2. The minimum absolute atomic E-state index is 0.0386. The maximum atomic E-state index is 13.6. The molecule has 0 N–H and O–H groups in total. The number of aryl methyl sites for hydroxylation is 1. The molecule has 0 radical (unpaired) electrons. The molecule has 0 bridgehead atoms. The zero-order valence-electron chi connectivity index (χ0n) is 22.6. The SMILES string of the molecule is COc1ccc(C(=O)N(Cc2cnc(S(=O)(=O)Cc3cccc(C)c3)n2CC(C)C)C[C@@H]2CCCO2)cc1. The predicted molar refractivity (Wildman–Crippen MR) is 146 cm³/mol. The molecule has 8 nitrogen and oxygen atoms in total. The summed E-state index contributed by atoms with van der Waals surface area (Å²) in [6.45, 7) is 7.81. The van der Waals surface area contributed by atoms with Crippen molar-refractivity contribution in [3.05, 3.63) is 77.1 Å². The summed E-state index contributed by atoms with van der Waals surface area (Å²) in [6, 6.07) is 14.5. The van der Waals surface area contributed by atoms with E-state index in [0.29, 0.717) is 36.7 Å². The van der Waals surface area contributed by atoms with Crippen molar-refractivity contribution in [2.24, 2.45) is 5.92 Å². The minimum Gasteiger partial charge on any atom is -0.497 e. The first-order valence-electron chi connectivity index (χ1n) is 13.0. The highest BCUT2D eigenvalue weighted by atomic mass is 32.2. The maximum Gasteiger partial charge on any atom is 0.254 e. The molecule has 204 valence electrons. The number of nitrogens with zero attached hydrogens (tertiary/aromatic N) is 3. The maximum absolute atomic E-state index is 13.6. The van der Waals surface area contributed by atoms with E-state index in [0.717, 1.165) is 24.0 Å². The molecule has 1 aliphatic rings. The number of amides is 1. The van der Waals surface area contributed by atoms with E-state index in [-0.39, 0.29) is 35.4 Å². The van der Waals surface area contributed by atoms with E-state index in [9.17, 15) is 13.2 Å². The molecule has 2 heterocycles. The Balaban J connectivity index is 1.66. The van der Waals surface area contributed by atoms with E-state index in [2.05, 4.69) is 4.98 Å². The second-order valence-electron chi connectivity index (χ2n) is 10.3. The first-order valence-corrected chi connectivity index (χ1v) is 14.7. The third-order valence-corrected chi connectivity index (χ3v) is 8.19. The third kappa shape index (κ3) is 6.82. The Labute approximate surface area is 225 Å². The summed E-state index contributed by atoms with van der Waals surface area (Å²) < 4.78 is 39.9. The van der Waals surface area contributed by atoms with E-state index >= 15 is 0 Å². The lowest BCUT2D eigenvalue weighted by Crippen LogP contribution is -2.37. The molecule has 1 aliphatic heterocycles. The van der Waals surface area contributed by atoms with Gasteiger partial charge in [-0.05, 0) is 55.5 Å². The molecule has 0 unspecified atom stereocenters. The summed E-state index contributed by atoms with van der Waals surface area (Å²) >= 11 is 0. The quantitative estimate of drug-likeness (QED) is 0.352. The number of carbonyl (C=O) groups excluding carboxylic acids is 1. The van der Waals surface area contributed by atoms with Crippen molar-refractivity contribution < 1.29 is 22.7 Å². The van der Waals surface area contributed by atoms with Crippen LogP contribution in [0.4, 0.5) is 0 Å². The van der Waals surface area contributed by atoms with Crippen LogP contribution in [-0.4, -0.2) is 55.1 Å². The van der Waals surface area contributed by atoms with Crippen molar-refractivity contribution >= 4 is 15.7 Å². The second kappa shape index (κ2) is 12.1. The van der Waals surface area contributed by atoms with E-state index in [1.807, 2.05) is 45.0 Å². The van der Waals surface area contributed by atoms with Crippen LogP contribution in [0.25, 0.3) is 0 Å². The second-order valence-corrected chi connectivity index (χ2v) is 12.2. The van der Waals surface area contributed by atoms with Crippen molar-refractivity contribution in [2.75, 3.05) is 20.3 Å². The Morgan fingerprint density at radius 1 is 1.21 bits per heavy atom. The molecule has 0 saturated carbocycles. The van der Waals surface area contributed by atoms with E-state index in [1.165, 1.54) is 0 Å². The Kier molecular flexibility index (Phi) is 8.89. The number of imidazole rings is 1. The summed E-state index contributed by atoms with van der Waals surface area (Å²) in [4.78, 5) is 19.8. The molecule has 1 saturated heterocycles. The lowest BCUT2D eigenvalue weighted by Gasteiger charge is -2.26. The van der Waals surface area contributed by atoms with Gasteiger partial charge in [0.1, 0.15) is 5.75 Å². The number of benzene rings is 2.